The number of ether oxygens (including phenoxy) is 2. The van der Waals surface area contributed by atoms with Crippen molar-refractivity contribution in [2.75, 3.05) is 6.61 Å². The van der Waals surface area contributed by atoms with Crippen molar-refractivity contribution in [1.82, 2.24) is 0 Å². The van der Waals surface area contributed by atoms with Crippen molar-refractivity contribution in [3.05, 3.63) is 22.2 Å². The maximum Gasteiger partial charge on any atom is 0.262 e. The van der Waals surface area contributed by atoms with E-state index in [0.717, 1.165) is 12.8 Å². The molecule has 1 aliphatic heterocycles. The van der Waals surface area contributed by atoms with Gasteiger partial charge in [0.05, 0.1) is 16.7 Å². The lowest BCUT2D eigenvalue weighted by molar-refractivity contribution is -0.0326. The third kappa shape index (κ3) is 4.17. The van der Waals surface area contributed by atoms with Crippen LogP contribution in [0.4, 0.5) is 0 Å². The summed E-state index contributed by atoms with van der Waals surface area (Å²) in [5, 5.41) is -0.118. The van der Waals surface area contributed by atoms with Gasteiger partial charge in [-0.2, -0.15) is 0 Å². The first kappa shape index (κ1) is 17.2. The molecule has 1 aromatic rings. The molecular formula is C13H15Cl3O4S. The van der Waals surface area contributed by atoms with Gasteiger partial charge in [0, 0.05) is 10.7 Å². The monoisotopic (exact) mass is 372 g/mol. The van der Waals surface area contributed by atoms with Gasteiger partial charge in [0.25, 0.3) is 9.05 Å². The van der Waals surface area contributed by atoms with Crippen molar-refractivity contribution in [2.45, 2.75) is 43.3 Å². The molecule has 0 bridgehead atoms. The van der Waals surface area contributed by atoms with E-state index in [1.807, 2.05) is 13.8 Å². The lowest BCUT2D eigenvalue weighted by atomic mass is 10.1. The van der Waals surface area contributed by atoms with E-state index < -0.39 is 9.05 Å². The van der Waals surface area contributed by atoms with Crippen LogP contribution in [0.5, 0.6) is 5.75 Å². The molecule has 1 fully saturated rings. The second kappa shape index (κ2) is 6.13. The van der Waals surface area contributed by atoms with Crippen LogP contribution in [0.2, 0.25) is 10.0 Å². The molecule has 1 aliphatic rings. The summed E-state index contributed by atoms with van der Waals surface area (Å²) in [4.78, 5) is -0.235. The van der Waals surface area contributed by atoms with Crippen molar-refractivity contribution >= 4 is 42.9 Å². The van der Waals surface area contributed by atoms with Gasteiger partial charge in [0.2, 0.25) is 0 Å². The fourth-order valence-corrected chi connectivity index (χ4v) is 3.98. The van der Waals surface area contributed by atoms with Crippen LogP contribution in [0.3, 0.4) is 0 Å². The predicted octanol–water partition coefficient (Wildman–Crippen LogP) is 4.26. The first-order valence-corrected chi connectivity index (χ1v) is 9.40. The highest BCUT2D eigenvalue weighted by Gasteiger charge is 2.32. The minimum atomic E-state index is -3.94. The molecule has 21 heavy (non-hydrogen) atoms. The van der Waals surface area contributed by atoms with Crippen molar-refractivity contribution in [3.63, 3.8) is 0 Å². The van der Waals surface area contributed by atoms with E-state index in [1.54, 1.807) is 0 Å². The van der Waals surface area contributed by atoms with Gasteiger partial charge in [0.1, 0.15) is 22.3 Å². The zero-order valence-electron chi connectivity index (χ0n) is 11.5. The van der Waals surface area contributed by atoms with E-state index >= 15 is 0 Å². The van der Waals surface area contributed by atoms with Gasteiger partial charge in [-0.3, -0.25) is 0 Å². The van der Waals surface area contributed by atoms with Crippen molar-refractivity contribution in [3.8, 4) is 5.75 Å². The Labute approximate surface area is 138 Å². The van der Waals surface area contributed by atoms with Crippen LogP contribution < -0.4 is 4.74 Å². The third-order valence-electron chi connectivity index (χ3n) is 3.25. The van der Waals surface area contributed by atoms with Crippen LogP contribution in [0, 0.1) is 0 Å². The van der Waals surface area contributed by atoms with Gasteiger partial charge < -0.3 is 9.47 Å². The molecule has 0 aliphatic carbocycles. The van der Waals surface area contributed by atoms with Crippen LogP contribution in [0.1, 0.15) is 26.7 Å². The summed E-state index contributed by atoms with van der Waals surface area (Å²) in [5.41, 5.74) is -0.147. The van der Waals surface area contributed by atoms with E-state index in [4.69, 9.17) is 43.4 Å². The molecule has 1 aromatic carbocycles. The van der Waals surface area contributed by atoms with Gasteiger partial charge in [-0.25, -0.2) is 8.42 Å². The summed E-state index contributed by atoms with van der Waals surface area (Å²) in [7, 11) is 1.33. The Morgan fingerprint density at radius 3 is 2.52 bits per heavy atom. The van der Waals surface area contributed by atoms with E-state index in [2.05, 4.69) is 0 Å². The molecule has 118 valence electrons. The highest BCUT2D eigenvalue weighted by atomic mass is 35.7. The second-order valence-corrected chi connectivity index (χ2v) is 8.77. The number of hydrogen-bond acceptors (Lipinski definition) is 4. The fraction of sp³-hybridized carbons (Fsp3) is 0.538. The average molecular weight is 374 g/mol. The number of rotatable bonds is 4. The Balaban J connectivity index is 2.10. The molecule has 1 atom stereocenters. The summed E-state index contributed by atoms with van der Waals surface area (Å²) in [6.07, 6.45) is 1.83. The molecular weight excluding hydrogens is 359 g/mol. The molecule has 1 unspecified atom stereocenters. The van der Waals surface area contributed by atoms with Crippen LogP contribution in [-0.2, 0) is 13.8 Å². The summed E-state index contributed by atoms with van der Waals surface area (Å²) >= 11 is 11.9. The number of halogens is 3. The Morgan fingerprint density at radius 2 is 2.00 bits per heavy atom. The summed E-state index contributed by atoms with van der Waals surface area (Å²) in [6, 6.07) is 2.70. The topological polar surface area (TPSA) is 52.6 Å². The van der Waals surface area contributed by atoms with Crippen molar-refractivity contribution in [1.29, 1.82) is 0 Å². The maximum absolute atomic E-state index is 11.3. The highest BCUT2D eigenvalue weighted by Crippen LogP contribution is 2.38. The van der Waals surface area contributed by atoms with Crippen LogP contribution in [-0.4, -0.2) is 26.7 Å². The van der Waals surface area contributed by atoms with Crippen molar-refractivity contribution in [2.24, 2.45) is 0 Å². The molecule has 1 heterocycles. The van der Waals surface area contributed by atoms with E-state index in [-0.39, 0.29) is 26.6 Å². The van der Waals surface area contributed by atoms with Gasteiger partial charge in [0.15, 0.2) is 0 Å². The molecule has 0 amide bonds. The van der Waals surface area contributed by atoms with Gasteiger partial charge >= 0.3 is 0 Å². The normalized spacial score (nSPS) is 21.5. The zero-order chi connectivity index (χ0) is 15.8. The molecule has 4 nitrogen and oxygen atoms in total. The summed E-state index contributed by atoms with van der Waals surface area (Å²) < 4.78 is 34.0. The molecule has 0 spiro atoms. The van der Waals surface area contributed by atoms with Crippen molar-refractivity contribution < 1.29 is 17.9 Å². The Bertz CT molecular complexity index is 643. The molecule has 8 heteroatoms. The average Bonchev–Trinajstić information content (AvgIpc) is 2.69. The van der Waals surface area contributed by atoms with Crippen LogP contribution in [0.15, 0.2) is 17.0 Å². The smallest absolute Gasteiger partial charge is 0.262 e. The van der Waals surface area contributed by atoms with Gasteiger partial charge in [-0.15, -0.1) is 0 Å². The lowest BCUT2D eigenvalue weighted by Gasteiger charge is -2.19. The van der Waals surface area contributed by atoms with Gasteiger partial charge in [-0.05, 0) is 38.8 Å². The minimum absolute atomic E-state index is 0.0220. The molecule has 0 N–H and O–H groups in total. The molecule has 0 aromatic heterocycles. The minimum Gasteiger partial charge on any atom is -0.489 e. The summed E-state index contributed by atoms with van der Waals surface area (Å²) in [6.45, 7) is 4.38. The first-order valence-electron chi connectivity index (χ1n) is 6.33. The quantitative estimate of drug-likeness (QED) is 0.740. The largest absolute Gasteiger partial charge is 0.489 e. The van der Waals surface area contributed by atoms with Gasteiger partial charge in [-0.1, -0.05) is 23.2 Å². The lowest BCUT2D eigenvalue weighted by Crippen LogP contribution is -2.24. The summed E-state index contributed by atoms with van der Waals surface area (Å²) in [5.74, 6) is 0.305. The van der Waals surface area contributed by atoms with E-state index in [9.17, 15) is 8.42 Å². The Kier molecular flexibility index (Phi) is 5.01. The fourth-order valence-electron chi connectivity index (χ4n) is 2.19. The Morgan fingerprint density at radius 1 is 1.33 bits per heavy atom. The Hall–Kier alpha value is -0.200. The number of hydrogen-bond donors (Lipinski definition) is 0. The van der Waals surface area contributed by atoms with Crippen LogP contribution in [0.25, 0.3) is 0 Å². The molecule has 0 radical (unpaired) electrons. The SMILES string of the molecule is CC1(C)CCC(COc2ccc(S(=O)(=O)Cl)c(Cl)c2Cl)O1. The molecule has 1 saturated heterocycles. The predicted molar refractivity (Wildman–Crippen MR) is 83.2 cm³/mol. The zero-order valence-corrected chi connectivity index (χ0v) is 14.6. The number of benzene rings is 1. The maximum atomic E-state index is 11.3. The van der Waals surface area contributed by atoms with Crippen LogP contribution >= 0.6 is 33.9 Å². The van der Waals surface area contributed by atoms with E-state index in [1.165, 1.54) is 12.1 Å². The first-order chi connectivity index (χ1) is 9.60. The highest BCUT2D eigenvalue weighted by molar-refractivity contribution is 8.13. The van der Waals surface area contributed by atoms with E-state index in [0.29, 0.717) is 12.4 Å². The third-order valence-corrected chi connectivity index (χ3v) is 5.59. The molecule has 0 saturated carbocycles. The molecule has 2 rings (SSSR count). The standard InChI is InChI=1S/C13H15Cl3O4S/c1-13(2)6-5-8(20-13)7-19-9-3-4-10(21(16,17)18)12(15)11(9)14/h3-4,8H,5-7H2,1-2H3. The second-order valence-electron chi connectivity index (χ2n) is 5.48.